The van der Waals surface area contributed by atoms with E-state index in [1.54, 1.807) is 7.11 Å². The van der Waals surface area contributed by atoms with Gasteiger partial charge < -0.3 is 15.0 Å². The maximum absolute atomic E-state index is 5.47. The van der Waals surface area contributed by atoms with Crippen molar-refractivity contribution in [2.75, 3.05) is 19.5 Å². The molecule has 4 heteroatoms. The number of para-hydroxylation sites is 2. The molecule has 0 aliphatic carbocycles. The first-order valence-electron chi connectivity index (χ1n) is 6.81. The van der Waals surface area contributed by atoms with Crippen LogP contribution in [0.25, 0.3) is 0 Å². The van der Waals surface area contributed by atoms with E-state index in [1.807, 2.05) is 54.4 Å². The van der Waals surface area contributed by atoms with Crippen LogP contribution in [0.2, 0.25) is 0 Å². The fourth-order valence-electron chi connectivity index (χ4n) is 2.08. The molecule has 2 aromatic carbocycles. The van der Waals surface area contributed by atoms with Crippen molar-refractivity contribution in [3.63, 3.8) is 0 Å². The van der Waals surface area contributed by atoms with Crippen LogP contribution in [-0.2, 0) is 6.54 Å². The molecule has 0 aromatic heterocycles. The summed E-state index contributed by atoms with van der Waals surface area (Å²) in [6.45, 7) is 2.76. The van der Waals surface area contributed by atoms with Gasteiger partial charge in [-0.3, -0.25) is 0 Å². The van der Waals surface area contributed by atoms with E-state index in [0.29, 0.717) is 11.7 Å². The fourth-order valence-corrected chi connectivity index (χ4v) is 2.26. The standard InChI is InChI=1S/C17H20N2OS/c1-13-8-4-6-10-15(13)18-17(21)19(2)12-14-9-5-7-11-16(14)20-3/h4-11H,12H2,1-3H3,(H,18,21). The van der Waals surface area contributed by atoms with Gasteiger partial charge in [0.2, 0.25) is 0 Å². The molecule has 0 saturated heterocycles. The number of thiocarbonyl (C=S) groups is 1. The first-order chi connectivity index (χ1) is 10.1. The Labute approximate surface area is 131 Å². The van der Waals surface area contributed by atoms with Crippen LogP contribution in [0.4, 0.5) is 5.69 Å². The van der Waals surface area contributed by atoms with Gasteiger partial charge in [0.25, 0.3) is 0 Å². The number of aryl methyl sites for hydroxylation is 1. The van der Waals surface area contributed by atoms with E-state index < -0.39 is 0 Å². The maximum atomic E-state index is 5.47. The molecular formula is C17H20N2OS. The monoisotopic (exact) mass is 300 g/mol. The lowest BCUT2D eigenvalue weighted by molar-refractivity contribution is 0.399. The molecule has 0 saturated carbocycles. The number of anilines is 1. The van der Waals surface area contributed by atoms with Crippen LogP contribution in [0.3, 0.4) is 0 Å². The average molecular weight is 300 g/mol. The average Bonchev–Trinajstić information content (AvgIpc) is 2.50. The van der Waals surface area contributed by atoms with Crippen molar-refractivity contribution in [3.05, 3.63) is 59.7 Å². The van der Waals surface area contributed by atoms with Crippen LogP contribution in [0.5, 0.6) is 5.75 Å². The summed E-state index contributed by atoms with van der Waals surface area (Å²) in [6.07, 6.45) is 0. The van der Waals surface area contributed by atoms with E-state index in [1.165, 1.54) is 5.56 Å². The Balaban J connectivity index is 2.05. The maximum Gasteiger partial charge on any atom is 0.173 e. The van der Waals surface area contributed by atoms with Gasteiger partial charge in [0.15, 0.2) is 5.11 Å². The second kappa shape index (κ2) is 7.09. The molecule has 0 radical (unpaired) electrons. The molecule has 1 N–H and O–H groups in total. The lowest BCUT2D eigenvalue weighted by Crippen LogP contribution is -2.30. The summed E-state index contributed by atoms with van der Waals surface area (Å²) < 4.78 is 5.37. The lowest BCUT2D eigenvalue weighted by atomic mass is 10.2. The molecule has 0 bridgehead atoms. The van der Waals surface area contributed by atoms with Gasteiger partial charge in [-0.25, -0.2) is 0 Å². The summed E-state index contributed by atoms with van der Waals surface area (Å²) in [5.41, 5.74) is 3.32. The molecule has 0 spiro atoms. The second-order valence-electron chi connectivity index (χ2n) is 4.91. The minimum absolute atomic E-state index is 0.690. The smallest absolute Gasteiger partial charge is 0.173 e. The minimum Gasteiger partial charge on any atom is -0.496 e. The first-order valence-corrected chi connectivity index (χ1v) is 7.22. The van der Waals surface area contributed by atoms with E-state index in [-0.39, 0.29) is 0 Å². The van der Waals surface area contributed by atoms with Crippen LogP contribution in [-0.4, -0.2) is 24.2 Å². The third kappa shape index (κ3) is 3.95. The van der Waals surface area contributed by atoms with Gasteiger partial charge in [-0.05, 0) is 36.8 Å². The number of hydrogen-bond donors (Lipinski definition) is 1. The van der Waals surface area contributed by atoms with Gasteiger partial charge in [0, 0.05) is 24.8 Å². The van der Waals surface area contributed by atoms with E-state index >= 15 is 0 Å². The highest BCUT2D eigenvalue weighted by molar-refractivity contribution is 7.80. The molecule has 0 aliphatic heterocycles. The van der Waals surface area contributed by atoms with Gasteiger partial charge in [-0.2, -0.15) is 0 Å². The number of nitrogens with zero attached hydrogens (tertiary/aromatic N) is 1. The fraction of sp³-hybridized carbons (Fsp3) is 0.235. The molecular weight excluding hydrogens is 280 g/mol. The quantitative estimate of drug-likeness (QED) is 0.867. The van der Waals surface area contributed by atoms with E-state index in [2.05, 4.69) is 18.3 Å². The summed E-state index contributed by atoms with van der Waals surface area (Å²) in [5.74, 6) is 0.878. The summed E-state index contributed by atoms with van der Waals surface area (Å²) >= 11 is 5.47. The summed E-state index contributed by atoms with van der Waals surface area (Å²) in [5, 5.41) is 3.97. The zero-order chi connectivity index (χ0) is 15.2. The van der Waals surface area contributed by atoms with E-state index in [0.717, 1.165) is 17.0 Å². The van der Waals surface area contributed by atoms with Crippen molar-refractivity contribution in [1.29, 1.82) is 0 Å². The second-order valence-corrected chi connectivity index (χ2v) is 5.30. The zero-order valence-corrected chi connectivity index (χ0v) is 13.4. The van der Waals surface area contributed by atoms with Gasteiger partial charge in [-0.1, -0.05) is 36.4 Å². The van der Waals surface area contributed by atoms with Crippen LogP contribution in [0.1, 0.15) is 11.1 Å². The largest absolute Gasteiger partial charge is 0.496 e. The summed E-state index contributed by atoms with van der Waals surface area (Å²) in [4.78, 5) is 2.00. The van der Waals surface area contributed by atoms with Crippen molar-refractivity contribution in [1.82, 2.24) is 4.90 Å². The van der Waals surface area contributed by atoms with E-state index in [4.69, 9.17) is 17.0 Å². The molecule has 110 valence electrons. The van der Waals surface area contributed by atoms with Gasteiger partial charge in [0.05, 0.1) is 7.11 Å². The number of nitrogens with one attached hydrogen (secondary N) is 1. The Bertz CT molecular complexity index is 628. The number of ether oxygens (including phenoxy) is 1. The predicted molar refractivity (Wildman–Crippen MR) is 91.9 cm³/mol. The molecule has 2 rings (SSSR count). The number of hydrogen-bond acceptors (Lipinski definition) is 2. The topological polar surface area (TPSA) is 24.5 Å². The van der Waals surface area contributed by atoms with Gasteiger partial charge in [-0.15, -0.1) is 0 Å². The zero-order valence-electron chi connectivity index (χ0n) is 12.6. The first kappa shape index (κ1) is 15.3. The SMILES string of the molecule is COc1ccccc1CN(C)C(=S)Nc1ccccc1C. The molecule has 0 unspecified atom stereocenters. The molecule has 0 fully saturated rings. The van der Waals surface area contributed by atoms with Crippen molar-refractivity contribution >= 4 is 23.0 Å². The highest BCUT2D eigenvalue weighted by Gasteiger charge is 2.09. The molecule has 3 nitrogen and oxygen atoms in total. The highest BCUT2D eigenvalue weighted by atomic mass is 32.1. The number of benzene rings is 2. The molecule has 0 amide bonds. The van der Waals surface area contributed by atoms with Crippen LogP contribution < -0.4 is 10.1 Å². The number of rotatable bonds is 4. The van der Waals surface area contributed by atoms with Gasteiger partial charge >= 0.3 is 0 Å². The lowest BCUT2D eigenvalue weighted by Gasteiger charge is -2.22. The number of methoxy groups -OCH3 is 1. The molecule has 2 aromatic rings. The predicted octanol–water partition coefficient (Wildman–Crippen LogP) is 3.83. The minimum atomic E-state index is 0.690. The molecule has 0 aliphatic rings. The Morgan fingerprint density at radius 2 is 1.81 bits per heavy atom. The van der Waals surface area contributed by atoms with Crippen molar-refractivity contribution in [2.24, 2.45) is 0 Å². The Morgan fingerprint density at radius 3 is 2.52 bits per heavy atom. The molecule has 0 heterocycles. The highest BCUT2D eigenvalue weighted by Crippen LogP contribution is 2.19. The van der Waals surface area contributed by atoms with Crippen LogP contribution in [0.15, 0.2) is 48.5 Å². The third-order valence-corrected chi connectivity index (χ3v) is 3.75. The van der Waals surface area contributed by atoms with Crippen molar-refractivity contribution < 1.29 is 4.74 Å². The van der Waals surface area contributed by atoms with Crippen molar-refractivity contribution in [2.45, 2.75) is 13.5 Å². The van der Waals surface area contributed by atoms with E-state index in [9.17, 15) is 0 Å². The van der Waals surface area contributed by atoms with Gasteiger partial charge in [0.1, 0.15) is 5.75 Å². The Hall–Kier alpha value is -2.07. The summed E-state index contributed by atoms with van der Waals surface area (Å²) in [6, 6.07) is 16.1. The Morgan fingerprint density at radius 1 is 1.14 bits per heavy atom. The normalized spacial score (nSPS) is 10.0. The van der Waals surface area contributed by atoms with Crippen LogP contribution >= 0.6 is 12.2 Å². The Kier molecular flexibility index (Phi) is 5.17. The molecule has 0 atom stereocenters. The van der Waals surface area contributed by atoms with Crippen LogP contribution in [0, 0.1) is 6.92 Å². The van der Waals surface area contributed by atoms with Crippen molar-refractivity contribution in [3.8, 4) is 5.75 Å². The molecule has 21 heavy (non-hydrogen) atoms. The third-order valence-electron chi connectivity index (χ3n) is 3.33. The summed E-state index contributed by atoms with van der Waals surface area (Å²) in [7, 11) is 3.66.